The monoisotopic (exact) mass is 611 g/mol. The van der Waals surface area contributed by atoms with Crippen LogP contribution in [-0.4, -0.2) is 62.2 Å². The van der Waals surface area contributed by atoms with Crippen molar-refractivity contribution in [3.63, 3.8) is 0 Å². The molecule has 1 heterocycles. The highest BCUT2D eigenvalue weighted by molar-refractivity contribution is 7.92. The van der Waals surface area contributed by atoms with Crippen molar-refractivity contribution in [1.82, 2.24) is 10.2 Å². The van der Waals surface area contributed by atoms with E-state index in [2.05, 4.69) is 5.32 Å². The fraction of sp³-hybridized carbons (Fsp3) is 0.375. The number of hydrogen-bond donors (Lipinski definition) is 1. The Hall–Kier alpha value is -4.12. The number of carbonyl (C=O) groups excluding carboxylic acids is 2. The number of nitrogens with one attached hydrogen (secondary N) is 1. The molecule has 1 aliphatic rings. The summed E-state index contributed by atoms with van der Waals surface area (Å²) in [6, 6.07) is 18.8. The Bertz CT molecular complexity index is 1540. The van der Waals surface area contributed by atoms with Crippen LogP contribution in [0.5, 0.6) is 11.5 Å². The molecule has 0 aromatic heterocycles. The van der Waals surface area contributed by atoms with Gasteiger partial charge in [-0.05, 0) is 51.5 Å². The van der Waals surface area contributed by atoms with Crippen molar-refractivity contribution in [2.75, 3.05) is 29.8 Å². The molecule has 0 saturated heterocycles. The summed E-state index contributed by atoms with van der Waals surface area (Å²) in [6.45, 7) is 6.76. The maximum atomic E-state index is 14.9. The molecule has 11 heteroatoms. The third-order valence-corrected chi connectivity index (χ3v) is 8.60. The van der Waals surface area contributed by atoms with E-state index in [1.165, 1.54) is 36.1 Å². The van der Waals surface area contributed by atoms with Crippen molar-refractivity contribution >= 4 is 27.5 Å². The molecule has 2 amide bonds. The molecule has 0 fully saturated rings. The van der Waals surface area contributed by atoms with Crippen molar-refractivity contribution in [1.29, 1.82) is 0 Å². The lowest BCUT2D eigenvalue weighted by molar-refractivity contribution is -0.140. The number of benzene rings is 3. The van der Waals surface area contributed by atoms with E-state index in [9.17, 15) is 22.4 Å². The van der Waals surface area contributed by atoms with Crippen LogP contribution >= 0.6 is 0 Å². The van der Waals surface area contributed by atoms with Gasteiger partial charge < -0.3 is 19.7 Å². The second-order valence-electron chi connectivity index (χ2n) is 11.3. The van der Waals surface area contributed by atoms with E-state index in [0.717, 1.165) is 9.87 Å². The van der Waals surface area contributed by atoms with Gasteiger partial charge in [0.05, 0.1) is 11.4 Å². The molecule has 0 aliphatic carbocycles. The lowest BCUT2D eigenvalue weighted by atomic mass is 10.0. The van der Waals surface area contributed by atoms with Gasteiger partial charge in [-0.2, -0.15) is 0 Å². The fourth-order valence-electron chi connectivity index (χ4n) is 4.72. The van der Waals surface area contributed by atoms with Crippen LogP contribution in [0.1, 0.15) is 38.8 Å². The summed E-state index contributed by atoms with van der Waals surface area (Å²) in [5.41, 5.74) is 0.570. The molecule has 0 spiro atoms. The van der Waals surface area contributed by atoms with E-state index in [0.29, 0.717) is 24.7 Å². The number of anilines is 1. The number of ether oxygens (including phenoxy) is 2. The van der Waals surface area contributed by atoms with Gasteiger partial charge in [0.1, 0.15) is 31.6 Å². The zero-order valence-electron chi connectivity index (χ0n) is 24.9. The van der Waals surface area contributed by atoms with Crippen molar-refractivity contribution in [2.45, 2.75) is 52.2 Å². The molecule has 0 saturated carbocycles. The zero-order chi connectivity index (χ0) is 31.2. The van der Waals surface area contributed by atoms with Crippen LogP contribution in [0.15, 0.2) is 72.8 Å². The van der Waals surface area contributed by atoms with Gasteiger partial charge in [-0.1, -0.05) is 48.5 Å². The summed E-state index contributed by atoms with van der Waals surface area (Å²) in [5.74, 6) is -1.09. The van der Waals surface area contributed by atoms with Crippen molar-refractivity contribution < 1.29 is 31.9 Å². The molecule has 3 aromatic carbocycles. The van der Waals surface area contributed by atoms with Crippen LogP contribution < -0.4 is 19.1 Å². The molecule has 0 radical (unpaired) electrons. The first-order valence-electron chi connectivity index (χ1n) is 14.2. The first-order valence-corrected chi connectivity index (χ1v) is 15.8. The van der Waals surface area contributed by atoms with Gasteiger partial charge in [0.15, 0.2) is 11.5 Å². The van der Waals surface area contributed by atoms with Crippen molar-refractivity contribution in [2.24, 2.45) is 0 Å². The largest absolute Gasteiger partial charge is 0.486 e. The lowest BCUT2D eigenvalue weighted by Gasteiger charge is -2.35. The molecule has 1 atom stereocenters. The van der Waals surface area contributed by atoms with Gasteiger partial charge in [-0.3, -0.25) is 13.9 Å². The van der Waals surface area contributed by atoms with Crippen LogP contribution in [0.25, 0.3) is 0 Å². The maximum absolute atomic E-state index is 14.9. The third kappa shape index (κ3) is 8.25. The number of fused-ring (bicyclic) bond motifs is 1. The van der Waals surface area contributed by atoms with E-state index in [1.54, 1.807) is 18.2 Å². The molecule has 43 heavy (non-hydrogen) atoms. The predicted octanol–water partition coefficient (Wildman–Crippen LogP) is 4.31. The predicted molar refractivity (Wildman–Crippen MR) is 163 cm³/mol. The number of halogens is 1. The van der Waals surface area contributed by atoms with E-state index in [1.807, 2.05) is 51.1 Å². The van der Waals surface area contributed by atoms with Crippen molar-refractivity contribution in [3.05, 3.63) is 89.7 Å². The summed E-state index contributed by atoms with van der Waals surface area (Å²) < 4.78 is 53.9. The molecule has 230 valence electrons. The second kappa shape index (κ2) is 13.5. The number of amides is 2. The number of sulfonamides is 1. The fourth-order valence-corrected chi connectivity index (χ4v) is 5.78. The first kappa shape index (κ1) is 31.8. The maximum Gasteiger partial charge on any atom is 0.244 e. The second-order valence-corrected chi connectivity index (χ2v) is 13.5. The Morgan fingerprint density at radius 1 is 0.953 bits per heavy atom. The minimum Gasteiger partial charge on any atom is -0.486 e. The van der Waals surface area contributed by atoms with Crippen LogP contribution in [-0.2, 0) is 32.6 Å². The Kier molecular flexibility index (Phi) is 9.95. The SMILES string of the molecule is CCS(=O)(=O)N(CC(=O)N(Cc1ccccc1F)[C@@H](Cc1ccccc1)C(=O)NC(C)(C)C)c1ccc2c(c1)OCCO2. The average molecular weight is 612 g/mol. The molecule has 4 rings (SSSR count). The van der Waals surface area contributed by atoms with Gasteiger partial charge in [-0.15, -0.1) is 0 Å². The molecular formula is C32H38FN3O6S. The zero-order valence-corrected chi connectivity index (χ0v) is 25.7. The summed E-state index contributed by atoms with van der Waals surface area (Å²) >= 11 is 0. The lowest BCUT2D eigenvalue weighted by Crippen LogP contribution is -2.56. The van der Waals surface area contributed by atoms with Crippen molar-refractivity contribution in [3.8, 4) is 11.5 Å². The van der Waals surface area contributed by atoms with Gasteiger partial charge in [0.2, 0.25) is 21.8 Å². The van der Waals surface area contributed by atoms with E-state index < -0.39 is 45.8 Å². The Morgan fingerprint density at radius 2 is 1.60 bits per heavy atom. The highest BCUT2D eigenvalue weighted by Crippen LogP contribution is 2.35. The van der Waals surface area contributed by atoms with Gasteiger partial charge in [0.25, 0.3) is 0 Å². The average Bonchev–Trinajstić information content (AvgIpc) is 2.97. The van der Waals surface area contributed by atoms with Gasteiger partial charge in [-0.25, -0.2) is 12.8 Å². The standard InChI is InChI=1S/C32H38FN3O6S/c1-5-43(39,40)36(25-15-16-28-29(20-25)42-18-17-41-28)22-30(37)35(21-24-13-9-10-14-26(24)33)27(31(38)34-32(2,3)4)19-23-11-7-6-8-12-23/h6-16,20,27H,5,17-19,21-22H2,1-4H3,(H,34,38)/t27-/m0/s1. The third-order valence-electron chi connectivity index (χ3n) is 6.86. The summed E-state index contributed by atoms with van der Waals surface area (Å²) in [5, 5.41) is 2.95. The quantitative estimate of drug-likeness (QED) is 0.347. The minimum absolute atomic E-state index is 0.132. The van der Waals surface area contributed by atoms with E-state index >= 15 is 0 Å². The first-order chi connectivity index (χ1) is 20.4. The van der Waals surface area contributed by atoms with Crippen LogP contribution in [0, 0.1) is 5.82 Å². The van der Waals surface area contributed by atoms with E-state index in [-0.39, 0.29) is 30.0 Å². The minimum atomic E-state index is -3.97. The van der Waals surface area contributed by atoms with E-state index in [4.69, 9.17) is 9.47 Å². The summed E-state index contributed by atoms with van der Waals surface area (Å²) in [7, 11) is -3.97. The van der Waals surface area contributed by atoms with Crippen LogP contribution in [0.4, 0.5) is 10.1 Å². The Balaban J connectivity index is 1.77. The number of carbonyl (C=O) groups is 2. The highest BCUT2D eigenvalue weighted by atomic mass is 32.2. The molecule has 1 N–H and O–H groups in total. The van der Waals surface area contributed by atoms with Gasteiger partial charge in [0, 0.05) is 30.1 Å². The number of nitrogens with zero attached hydrogens (tertiary/aromatic N) is 2. The number of rotatable bonds is 11. The normalized spacial score (nSPS) is 13.6. The molecule has 1 aliphatic heterocycles. The smallest absolute Gasteiger partial charge is 0.244 e. The molecule has 0 bridgehead atoms. The van der Waals surface area contributed by atoms with Crippen LogP contribution in [0.3, 0.4) is 0 Å². The topological polar surface area (TPSA) is 105 Å². The summed E-state index contributed by atoms with van der Waals surface area (Å²) in [6.07, 6.45) is 0.132. The number of hydrogen-bond acceptors (Lipinski definition) is 6. The highest BCUT2D eigenvalue weighted by Gasteiger charge is 2.35. The molecular weight excluding hydrogens is 573 g/mol. The molecule has 9 nitrogen and oxygen atoms in total. The summed E-state index contributed by atoms with van der Waals surface area (Å²) in [4.78, 5) is 29.3. The Morgan fingerprint density at radius 3 is 2.26 bits per heavy atom. The van der Waals surface area contributed by atoms with Crippen LogP contribution in [0.2, 0.25) is 0 Å². The Labute approximate surface area is 252 Å². The van der Waals surface area contributed by atoms with Gasteiger partial charge >= 0.3 is 0 Å². The molecule has 0 unspecified atom stereocenters. The molecule has 3 aromatic rings.